The first kappa shape index (κ1) is 14.8. The average molecular weight is 279 g/mol. The van der Waals surface area contributed by atoms with Crippen molar-refractivity contribution in [3.8, 4) is 0 Å². The molecule has 3 heteroatoms. The van der Waals surface area contributed by atoms with E-state index in [1.54, 1.807) is 0 Å². The van der Waals surface area contributed by atoms with Gasteiger partial charge in [-0.1, -0.05) is 13.8 Å². The Hall–Kier alpha value is -0.120. The predicted molar refractivity (Wildman–Crippen MR) is 84.7 cm³/mol. The summed E-state index contributed by atoms with van der Waals surface area (Å²) in [6.07, 6.45) is 8.22. The van der Waals surface area contributed by atoms with E-state index in [0.29, 0.717) is 5.54 Å². The van der Waals surface area contributed by atoms with Gasteiger partial charge in [0.05, 0.1) is 0 Å². The molecule has 3 nitrogen and oxygen atoms in total. The van der Waals surface area contributed by atoms with E-state index < -0.39 is 0 Å². The molecule has 3 unspecified atom stereocenters. The molecule has 0 bridgehead atoms. The van der Waals surface area contributed by atoms with E-state index >= 15 is 0 Å². The summed E-state index contributed by atoms with van der Waals surface area (Å²) in [4.78, 5) is 5.52. The van der Waals surface area contributed by atoms with Crippen LogP contribution < -0.4 is 5.73 Å². The molecule has 0 aromatic carbocycles. The van der Waals surface area contributed by atoms with E-state index in [4.69, 9.17) is 5.73 Å². The highest BCUT2D eigenvalue weighted by Gasteiger charge is 2.44. The zero-order valence-corrected chi connectivity index (χ0v) is 13.5. The monoisotopic (exact) mass is 279 g/mol. The summed E-state index contributed by atoms with van der Waals surface area (Å²) in [7, 11) is 0. The van der Waals surface area contributed by atoms with Crippen molar-refractivity contribution in [2.45, 2.75) is 64.0 Å². The molecule has 2 heterocycles. The Morgan fingerprint density at radius 3 is 2.30 bits per heavy atom. The van der Waals surface area contributed by atoms with Crippen LogP contribution in [0.3, 0.4) is 0 Å². The lowest BCUT2D eigenvalue weighted by atomic mass is 9.71. The Balaban J connectivity index is 1.67. The zero-order chi connectivity index (χ0) is 14.2. The summed E-state index contributed by atoms with van der Waals surface area (Å²) in [6, 6.07) is 0.813. The van der Waals surface area contributed by atoms with Crippen molar-refractivity contribution in [3.05, 3.63) is 0 Å². The molecular weight excluding hydrogens is 246 g/mol. The van der Waals surface area contributed by atoms with Crippen LogP contribution in [0.1, 0.15) is 52.4 Å². The lowest BCUT2D eigenvalue weighted by Crippen LogP contribution is -2.57. The second-order valence-corrected chi connectivity index (χ2v) is 7.91. The molecule has 3 atom stereocenters. The van der Waals surface area contributed by atoms with Crippen LogP contribution in [0.15, 0.2) is 0 Å². The van der Waals surface area contributed by atoms with Crippen molar-refractivity contribution in [3.63, 3.8) is 0 Å². The molecular formula is C17H33N3. The van der Waals surface area contributed by atoms with Crippen LogP contribution in [-0.4, -0.2) is 54.1 Å². The summed E-state index contributed by atoms with van der Waals surface area (Å²) >= 11 is 0. The van der Waals surface area contributed by atoms with E-state index in [1.807, 2.05) is 0 Å². The molecule has 0 radical (unpaired) electrons. The number of nitrogens with zero attached hydrogens (tertiary/aromatic N) is 2. The Morgan fingerprint density at radius 1 is 1.05 bits per heavy atom. The van der Waals surface area contributed by atoms with Crippen molar-refractivity contribution in [2.75, 3.05) is 32.7 Å². The van der Waals surface area contributed by atoms with Gasteiger partial charge in [0.25, 0.3) is 0 Å². The first-order valence-electron chi connectivity index (χ1n) is 8.82. The van der Waals surface area contributed by atoms with Gasteiger partial charge in [-0.15, -0.1) is 0 Å². The Labute approximate surface area is 124 Å². The molecule has 1 saturated carbocycles. The van der Waals surface area contributed by atoms with Crippen LogP contribution in [0.4, 0.5) is 0 Å². The first-order chi connectivity index (χ1) is 9.63. The van der Waals surface area contributed by atoms with Gasteiger partial charge in [0.2, 0.25) is 0 Å². The minimum Gasteiger partial charge on any atom is -0.329 e. The van der Waals surface area contributed by atoms with E-state index in [9.17, 15) is 0 Å². The highest BCUT2D eigenvalue weighted by atomic mass is 15.3. The fourth-order valence-electron chi connectivity index (χ4n) is 5.37. The van der Waals surface area contributed by atoms with Gasteiger partial charge in [0.15, 0.2) is 0 Å². The fraction of sp³-hybridized carbons (Fsp3) is 1.00. The number of nitrogens with two attached hydrogens (primary N) is 1. The highest BCUT2D eigenvalue weighted by Crippen LogP contribution is 2.41. The lowest BCUT2D eigenvalue weighted by Gasteiger charge is -2.48. The number of hydrogen-bond acceptors (Lipinski definition) is 3. The van der Waals surface area contributed by atoms with Crippen molar-refractivity contribution in [1.82, 2.24) is 9.80 Å². The van der Waals surface area contributed by atoms with Gasteiger partial charge >= 0.3 is 0 Å². The smallest absolute Gasteiger partial charge is 0.0337 e. The van der Waals surface area contributed by atoms with Crippen LogP contribution in [-0.2, 0) is 0 Å². The van der Waals surface area contributed by atoms with E-state index in [-0.39, 0.29) is 0 Å². The Morgan fingerprint density at radius 2 is 1.70 bits per heavy atom. The molecule has 0 amide bonds. The maximum atomic E-state index is 6.29. The van der Waals surface area contributed by atoms with Crippen molar-refractivity contribution in [2.24, 2.45) is 17.6 Å². The van der Waals surface area contributed by atoms with Crippen LogP contribution in [0, 0.1) is 11.8 Å². The van der Waals surface area contributed by atoms with Gasteiger partial charge in [0.1, 0.15) is 0 Å². The molecule has 20 heavy (non-hydrogen) atoms. The summed E-state index contributed by atoms with van der Waals surface area (Å²) in [5.74, 6) is 1.68. The molecule has 0 aromatic rings. The van der Waals surface area contributed by atoms with E-state index in [2.05, 4.69) is 23.6 Å². The molecule has 2 aliphatic heterocycles. The predicted octanol–water partition coefficient (Wildman–Crippen LogP) is 2.31. The average Bonchev–Trinajstić information content (AvgIpc) is 3.08. The third-order valence-electron chi connectivity index (χ3n) is 6.13. The summed E-state index contributed by atoms with van der Waals surface area (Å²) in [6.45, 7) is 10.9. The Kier molecular flexibility index (Phi) is 4.40. The van der Waals surface area contributed by atoms with Gasteiger partial charge in [-0.2, -0.15) is 0 Å². The summed E-state index contributed by atoms with van der Waals surface area (Å²) in [5, 5.41) is 0. The second-order valence-electron chi connectivity index (χ2n) is 7.91. The topological polar surface area (TPSA) is 32.5 Å². The van der Waals surface area contributed by atoms with Crippen LogP contribution in [0.2, 0.25) is 0 Å². The van der Waals surface area contributed by atoms with Crippen molar-refractivity contribution < 1.29 is 0 Å². The summed E-state index contributed by atoms with van der Waals surface area (Å²) in [5.41, 5.74) is 6.60. The highest BCUT2D eigenvalue weighted by molar-refractivity contribution is 5.01. The Bertz CT molecular complexity index is 314. The normalized spacial score (nSPS) is 44.2. The molecule has 0 aromatic heterocycles. The lowest BCUT2D eigenvalue weighted by molar-refractivity contribution is 0.0319. The minimum absolute atomic E-state index is 0.311. The minimum atomic E-state index is 0.311. The van der Waals surface area contributed by atoms with Gasteiger partial charge in [-0.3, -0.25) is 9.80 Å². The largest absolute Gasteiger partial charge is 0.329 e. The molecule has 3 rings (SSSR count). The molecule has 116 valence electrons. The fourth-order valence-corrected chi connectivity index (χ4v) is 5.37. The van der Waals surface area contributed by atoms with Gasteiger partial charge in [0, 0.05) is 31.2 Å². The second kappa shape index (κ2) is 5.94. The van der Waals surface area contributed by atoms with Crippen molar-refractivity contribution >= 4 is 0 Å². The van der Waals surface area contributed by atoms with Gasteiger partial charge in [-0.25, -0.2) is 0 Å². The third-order valence-corrected chi connectivity index (χ3v) is 6.13. The van der Waals surface area contributed by atoms with Crippen molar-refractivity contribution in [1.29, 1.82) is 0 Å². The first-order valence-corrected chi connectivity index (χ1v) is 8.82. The number of likely N-dealkylation sites (tertiary alicyclic amines) is 2. The van der Waals surface area contributed by atoms with Crippen LogP contribution in [0.5, 0.6) is 0 Å². The molecule has 1 aliphatic carbocycles. The molecule has 2 saturated heterocycles. The van der Waals surface area contributed by atoms with E-state index in [0.717, 1.165) is 24.4 Å². The van der Waals surface area contributed by atoms with Gasteiger partial charge in [-0.05, 0) is 63.5 Å². The molecule has 2 N–H and O–H groups in total. The standard InChI is InChI=1S/C17H33N3/c1-14-9-15(2)11-17(10-14,13-18)20-8-5-16(12-20)19-6-3-4-7-19/h14-16H,3-13,18H2,1-2H3. The van der Waals surface area contributed by atoms with Gasteiger partial charge < -0.3 is 5.73 Å². The maximum absolute atomic E-state index is 6.29. The number of hydrogen-bond donors (Lipinski definition) is 1. The van der Waals surface area contributed by atoms with Crippen LogP contribution in [0.25, 0.3) is 0 Å². The zero-order valence-electron chi connectivity index (χ0n) is 13.5. The van der Waals surface area contributed by atoms with Crippen LogP contribution >= 0.6 is 0 Å². The quantitative estimate of drug-likeness (QED) is 0.860. The third kappa shape index (κ3) is 2.77. The SMILES string of the molecule is CC1CC(C)CC(CN)(N2CCC(N3CCCC3)C2)C1. The molecule has 0 spiro atoms. The molecule has 3 aliphatic rings. The molecule has 3 fully saturated rings. The maximum Gasteiger partial charge on any atom is 0.0337 e. The number of rotatable bonds is 3. The van der Waals surface area contributed by atoms with E-state index in [1.165, 1.54) is 64.7 Å². The summed E-state index contributed by atoms with van der Waals surface area (Å²) < 4.78 is 0.